The number of rotatable bonds is 4. The molecule has 0 aromatic heterocycles. The maximum Gasteiger partial charge on any atom is 0.253 e. The molecule has 0 saturated heterocycles. The summed E-state index contributed by atoms with van der Waals surface area (Å²) in [5.41, 5.74) is 2.24. The van der Waals surface area contributed by atoms with E-state index in [1.165, 1.54) is 5.56 Å². The van der Waals surface area contributed by atoms with Gasteiger partial charge in [-0.25, -0.2) is 0 Å². The summed E-state index contributed by atoms with van der Waals surface area (Å²) in [5, 5.41) is 5.47. The highest BCUT2D eigenvalue weighted by molar-refractivity contribution is 6.04. The van der Waals surface area contributed by atoms with E-state index in [1.54, 1.807) is 25.2 Å². The van der Waals surface area contributed by atoms with Crippen LogP contribution in [0.25, 0.3) is 0 Å². The zero-order chi connectivity index (χ0) is 15.5. The van der Waals surface area contributed by atoms with Crippen molar-refractivity contribution < 1.29 is 9.59 Å². The fourth-order valence-corrected chi connectivity index (χ4v) is 2.70. The van der Waals surface area contributed by atoms with Gasteiger partial charge in [-0.1, -0.05) is 42.5 Å². The molecule has 0 heterocycles. The Morgan fingerprint density at radius 1 is 1.00 bits per heavy atom. The van der Waals surface area contributed by atoms with E-state index in [0.717, 1.165) is 6.42 Å². The number of hydrogen-bond acceptors (Lipinski definition) is 2. The second kappa shape index (κ2) is 6.02. The molecule has 112 valence electrons. The molecule has 2 aromatic carbocycles. The van der Waals surface area contributed by atoms with Crippen molar-refractivity contribution in [1.82, 2.24) is 5.32 Å². The molecule has 0 aliphatic heterocycles. The van der Waals surface area contributed by atoms with Crippen LogP contribution in [0.2, 0.25) is 0 Å². The highest BCUT2D eigenvalue weighted by Gasteiger charge is 2.43. The Labute approximate surface area is 129 Å². The lowest BCUT2D eigenvalue weighted by molar-refractivity contribution is -0.117. The lowest BCUT2D eigenvalue weighted by Gasteiger charge is -2.10. The van der Waals surface area contributed by atoms with Crippen molar-refractivity contribution in [2.24, 2.45) is 5.92 Å². The monoisotopic (exact) mass is 294 g/mol. The van der Waals surface area contributed by atoms with Gasteiger partial charge in [0.1, 0.15) is 0 Å². The normalized spacial score (nSPS) is 19.3. The van der Waals surface area contributed by atoms with Crippen LogP contribution in [0.15, 0.2) is 54.6 Å². The average molecular weight is 294 g/mol. The van der Waals surface area contributed by atoms with Crippen LogP contribution in [0.1, 0.15) is 28.3 Å². The number of hydrogen-bond donors (Lipinski definition) is 2. The van der Waals surface area contributed by atoms with Gasteiger partial charge in [-0.15, -0.1) is 0 Å². The summed E-state index contributed by atoms with van der Waals surface area (Å²) in [6.07, 6.45) is 0.859. The van der Waals surface area contributed by atoms with Crippen LogP contribution in [0, 0.1) is 5.92 Å². The smallest absolute Gasteiger partial charge is 0.253 e. The Hall–Kier alpha value is -2.62. The minimum Gasteiger partial charge on any atom is -0.355 e. The topological polar surface area (TPSA) is 58.2 Å². The molecule has 0 spiro atoms. The maximum atomic E-state index is 12.4. The summed E-state index contributed by atoms with van der Waals surface area (Å²) in [5.74, 6) is 0.0463. The Balaban J connectivity index is 1.70. The Bertz CT molecular complexity index is 697. The maximum absolute atomic E-state index is 12.4. The van der Waals surface area contributed by atoms with Crippen LogP contribution in [-0.4, -0.2) is 18.9 Å². The zero-order valence-electron chi connectivity index (χ0n) is 12.4. The third kappa shape index (κ3) is 2.86. The quantitative estimate of drug-likeness (QED) is 0.911. The highest BCUT2D eigenvalue weighted by atomic mass is 16.2. The molecule has 2 unspecified atom stereocenters. The first kappa shape index (κ1) is 14.3. The first-order chi connectivity index (χ1) is 10.7. The lowest BCUT2D eigenvalue weighted by Crippen LogP contribution is -2.22. The fourth-order valence-electron chi connectivity index (χ4n) is 2.70. The lowest BCUT2D eigenvalue weighted by atomic mass is 10.1. The van der Waals surface area contributed by atoms with Crippen molar-refractivity contribution in [1.29, 1.82) is 0 Å². The van der Waals surface area contributed by atoms with Crippen molar-refractivity contribution in [3.05, 3.63) is 65.7 Å². The van der Waals surface area contributed by atoms with Gasteiger partial charge in [-0.3, -0.25) is 9.59 Å². The van der Waals surface area contributed by atoms with E-state index in [1.807, 2.05) is 24.3 Å². The number of anilines is 1. The van der Waals surface area contributed by atoms with Crippen molar-refractivity contribution >= 4 is 17.5 Å². The van der Waals surface area contributed by atoms with Gasteiger partial charge >= 0.3 is 0 Å². The number of carbonyl (C=O) groups excluding carboxylic acids is 2. The molecular weight excluding hydrogens is 276 g/mol. The molecule has 4 heteroatoms. The second-order valence-corrected chi connectivity index (χ2v) is 5.47. The summed E-state index contributed by atoms with van der Waals surface area (Å²) in [4.78, 5) is 24.2. The Morgan fingerprint density at radius 2 is 1.68 bits per heavy atom. The van der Waals surface area contributed by atoms with E-state index in [0.29, 0.717) is 11.3 Å². The molecule has 2 N–H and O–H groups in total. The van der Waals surface area contributed by atoms with Crippen LogP contribution in [0.3, 0.4) is 0 Å². The SMILES string of the molecule is CNC(=O)c1ccccc1NC(=O)C1CC1c1ccccc1. The molecule has 1 aliphatic carbocycles. The summed E-state index contributed by atoms with van der Waals surface area (Å²) in [6.45, 7) is 0. The van der Waals surface area contributed by atoms with Crippen molar-refractivity contribution in [3.8, 4) is 0 Å². The van der Waals surface area contributed by atoms with Crippen LogP contribution in [0.4, 0.5) is 5.69 Å². The third-order valence-electron chi connectivity index (χ3n) is 4.01. The minimum absolute atomic E-state index is 0.0138. The zero-order valence-corrected chi connectivity index (χ0v) is 12.4. The van der Waals surface area contributed by atoms with E-state index < -0.39 is 0 Å². The molecule has 3 rings (SSSR count). The number of amides is 2. The fraction of sp³-hybridized carbons (Fsp3) is 0.222. The van der Waals surface area contributed by atoms with E-state index >= 15 is 0 Å². The number of carbonyl (C=O) groups is 2. The summed E-state index contributed by atoms with van der Waals surface area (Å²) in [6, 6.07) is 17.1. The van der Waals surface area contributed by atoms with Crippen LogP contribution >= 0.6 is 0 Å². The summed E-state index contributed by atoms with van der Waals surface area (Å²) >= 11 is 0. The van der Waals surface area contributed by atoms with E-state index in [2.05, 4.69) is 22.8 Å². The number of nitrogens with one attached hydrogen (secondary N) is 2. The van der Waals surface area contributed by atoms with Gasteiger partial charge in [0.05, 0.1) is 11.3 Å². The molecule has 1 saturated carbocycles. The molecular formula is C18H18N2O2. The van der Waals surface area contributed by atoms with Gasteiger partial charge in [0.2, 0.25) is 5.91 Å². The molecule has 2 amide bonds. The Morgan fingerprint density at radius 3 is 2.41 bits per heavy atom. The predicted octanol–water partition coefficient (Wildman–Crippen LogP) is 2.79. The van der Waals surface area contributed by atoms with E-state index in [4.69, 9.17) is 0 Å². The Kier molecular flexibility index (Phi) is 3.92. The van der Waals surface area contributed by atoms with Crippen molar-refractivity contribution in [3.63, 3.8) is 0 Å². The van der Waals surface area contributed by atoms with Gasteiger partial charge < -0.3 is 10.6 Å². The average Bonchev–Trinajstić information content (AvgIpc) is 3.36. The van der Waals surface area contributed by atoms with Gasteiger partial charge in [-0.05, 0) is 30.0 Å². The van der Waals surface area contributed by atoms with Crippen LogP contribution in [0.5, 0.6) is 0 Å². The highest BCUT2D eigenvalue weighted by Crippen LogP contribution is 2.47. The second-order valence-electron chi connectivity index (χ2n) is 5.47. The van der Waals surface area contributed by atoms with Crippen LogP contribution < -0.4 is 10.6 Å². The molecule has 22 heavy (non-hydrogen) atoms. The first-order valence-electron chi connectivity index (χ1n) is 7.37. The summed E-state index contributed by atoms with van der Waals surface area (Å²) < 4.78 is 0. The molecule has 1 aliphatic rings. The standard InChI is InChI=1S/C18H18N2O2/c1-19-17(21)13-9-5-6-10-16(13)20-18(22)15-11-14(15)12-7-3-2-4-8-12/h2-10,14-15H,11H2,1H3,(H,19,21)(H,20,22). The molecule has 1 fully saturated rings. The minimum atomic E-state index is -0.202. The van der Waals surface area contributed by atoms with Gasteiger partial charge in [-0.2, -0.15) is 0 Å². The van der Waals surface area contributed by atoms with Crippen molar-refractivity contribution in [2.45, 2.75) is 12.3 Å². The third-order valence-corrected chi connectivity index (χ3v) is 4.01. The first-order valence-corrected chi connectivity index (χ1v) is 7.37. The largest absolute Gasteiger partial charge is 0.355 e. The van der Waals surface area contributed by atoms with Crippen LogP contribution in [-0.2, 0) is 4.79 Å². The molecule has 2 atom stereocenters. The van der Waals surface area contributed by atoms with Gasteiger partial charge in [0, 0.05) is 13.0 Å². The van der Waals surface area contributed by atoms with Gasteiger partial charge in [0.15, 0.2) is 0 Å². The van der Waals surface area contributed by atoms with Gasteiger partial charge in [0.25, 0.3) is 5.91 Å². The number of benzene rings is 2. The molecule has 0 bridgehead atoms. The predicted molar refractivity (Wildman–Crippen MR) is 85.8 cm³/mol. The summed E-state index contributed by atoms with van der Waals surface area (Å²) in [7, 11) is 1.58. The molecule has 2 aromatic rings. The van der Waals surface area contributed by atoms with Crippen molar-refractivity contribution in [2.75, 3.05) is 12.4 Å². The molecule has 0 radical (unpaired) electrons. The van der Waals surface area contributed by atoms with E-state index in [9.17, 15) is 9.59 Å². The number of para-hydroxylation sites is 1. The van der Waals surface area contributed by atoms with E-state index in [-0.39, 0.29) is 23.7 Å². The molecule has 4 nitrogen and oxygen atoms in total.